The fourth-order valence-corrected chi connectivity index (χ4v) is 2.34. The molecule has 1 aromatic carbocycles. The van der Waals surface area contributed by atoms with Crippen LogP contribution in [0.25, 0.3) is 0 Å². The van der Waals surface area contributed by atoms with Crippen molar-refractivity contribution in [2.45, 2.75) is 4.90 Å². The van der Waals surface area contributed by atoms with Crippen molar-refractivity contribution in [1.82, 2.24) is 4.90 Å². The van der Waals surface area contributed by atoms with Crippen molar-refractivity contribution in [2.24, 2.45) is 0 Å². The number of carbonyl (C=O) groups excluding carboxylic acids is 1. The Morgan fingerprint density at radius 2 is 2.33 bits per heavy atom. The van der Waals surface area contributed by atoms with E-state index in [1.165, 1.54) is 0 Å². The van der Waals surface area contributed by atoms with E-state index in [-0.39, 0.29) is 5.91 Å². The average molecular weight is 330 g/mol. The average Bonchev–Trinajstić information content (AvgIpc) is 2.33. The molecule has 0 atom stereocenters. The number of rotatable bonds is 6. The van der Waals surface area contributed by atoms with Gasteiger partial charge < -0.3 is 9.64 Å². The quantitative estimate of drug-likeness (QED) is 0.642. The van der Waals surface area contributed by atoms with Gasteiger partial charge in [0.15, 0.2) is 0 Å². The molecule has 0 saturated carbocycles. The Morgan fingerprint density at radius 1 is 1.61 bits per heavy atom. The van der Waals surface area contributed by atoms with Crippen LogP contribution in [-0.2, 0) is 4.74 Å². The molecular weight excluding hydrogens is 314 g/mol. The lowest BCUT2D eigenvalue weighted by molar-refractivity contribution is 0.0715. The third kappa shape index (κ3) is 4.15. The van der Waals surface area contributed by atoms with Crippen LogP contribution in [0.5, 0.6) is 0 Å². The summed E-state index contributed by atoms with van der Waals surface area (Å²) in [5, 5.41) is 0. The van der Waals surface area contributed by atoms with E-state index in [9.17, 15) is 4.79 Å². The second-order valence-electron chi connectivity index (χ2n) is 3.69. The Hall–Kier alpha value is -0.780. The van der Waals surface area contributed by atoms with Crippen LogP contribution < -0.4 is 0 Å². The van der Waals surface area contributed by atoms with E-state index < -0.39 is 0 Å². The zero-order valence-corrected chi connectivity index (χ0v) is 12.7. The van der Waals surface area contributed by atoms with Gasteiger partial charge in [-0.25, -0.2) is 0 Å². The van der Waals surface area contributed by atoms with Crippen molar-refractivity contribution in [3.8, 4) is 0 Å². The van der Waals surface area contributed by atoms with Crippen LogP contribution in [0.4, 0.5) is 0 Å². The highest BCUT2D eigenvalue weighted by Crippen LogP contribution is 2.21. The van der Waals surface area contributed by atoms with Crippen LogP contribution in [0, 0.1) is 0 Å². The molecule has 1 rings (SSSR count). The topological polar surface area (TPSA) is 29.5 Å². The summed E-state index contributed by atoms with van der Waals surface area (Å²) in [5.74, 6) is -0.0653. The summed E-state index contributed by atoms with van der Waals surface area (Å²) in [5.41, 5.74) is 0.583. The first kappa shape index (κ1) is 15.3. The van der Waals surface area contributed by atoms with Crippen molar-refractivity contribution in [1.29, 1.82) is 0 Å². The van der Waals surface area contributed by atoms with Gasteiger partial charge in [-0.1, -0.05) is 22.0 Å². The summed E-state index contributed by atoms with van der Waals surface area (Å²) in [7, 11) is 1.61. The zero-order chi connectivity index (χ0) is 13.5. The van der Waals surface area contributed by atoms with Gasteiger partial charge in [0.25, 0.3) is 5.91 Å². The lowest BCUT2D eigenvalue weighted by Crippen LogP contribution is -2.34. The van der Waals surface area contributed by atoms with Gasteiger partial charge in [-0.15, -0.1) is 19.2 Å². The Morgan fingerprint density at radius 3 is 2.89 bits per heavy atom. The van der Waals surface area contributed by atoms with Crippen LogP contribution in [-0.4, -0.2) is 37.6 Å². The monoisotopic (exact) mass is 329 g/mol. The first-order valence-corrected chi connectivity index (χ1v) is 6.71. The van der Waals surface area contributed by atoms with E-state index in [0.717, 1.165) is 4.47 Å². The van der Waals surface area contributed by atoms with E-state index in [2.05, 4.69) is 35.1 Å². The molecule has 0 saturated heterocycles. The highest BCUT2D eigenvalue weighted by atomic mass is 79.9. The molecular formula is C13H16BrNO2S. The molecule has 0 bridgehead atoms. The minimum Gasteiger partial charge on any atom is -0.383 e. The Labute approximate surface area is 121 Å². The van der Waals surface area contributed by atoms with Crippen molar-refractivity contribution >= 4 is 34.5 Å². The van der Waals surface area contributed by atoms with Crippen molar-refractivity contribution < 1.29 is 9.53 Å². The molecule has 1 amide bonds. The Kier molecular flexibility index (Phi) is 6.46. The summed E-state index contributed by atoms with van der Waals surface area (Å²) in [6, 6.07) is 5.39. The maximum atomic E-state index is 12.3. The first-order chi connectivity index (χ1) is 8.60. The second kappa shape index (κ2) is 7.61. The normalized spacial score (nSPS) is 10.2. The summed E-state index contributed by atoms with van der Waals surface area (Å²) in [6.45, 7) is 5.18. The Bertz CT molecular complexity index is 437. The maximum Gasteiger partial charge on any atom is 0.255 e. The molecule has 3 nitrogen and oxygen atoms in total. The largest absolute Gasteiger partial charge is 0.383 e. The van der Waals surface area contributed by atoms with E-state index >= 15 is 0 Å². The Balaban J connectivity index is 2.90. The number of methoxy groups -OCH3 is 1. The number of carbonyl (C=O) groups is 1. The molecule has 5 heteroatoms. The van der Waals surface area contributed by atoms with Crippen LogP contribution >= 0.6 is 28.6 Å². The summed E-state index contributed by atoms with van der Waals surface area (Å²) >= 11 is 7.67. The molecule has 0 aliphatic carbocycles. The smallest absolute Gasteiger partial charge is 0.255 e. The number of thiol groups is 1. The number of nitrogens with zero attached hydrogens (tertiary/aromatic N) is 1. The van der Waals surface area contributed by atoms with Gasteiger partial charge in [-0.05, 0) is 18.2 Å². The van der Waals surface area contributed by atoms with Gasteiger partial charge in [0, 0.05) is 29.6 Å². The predicted molar refractivity (Wildman–Crippen MR) is 79.4 cm³/mol. The van der Waals surface area contributed by atoms with Gasteiger partial charge in [0.05, 0.1) is 12.2 Å². The molecule has 0 aliphatic heterocycles. The van der Waals surface area contributed by atoms with E-state index in [0.29, 0.717) is 30.2 Å². The van der Waals surface area contributed by atoms with Gasteiger partial charge in [0.1, 0.15) is 0 Å². The van der Waals surface area contributed by atoms with Crippen LogP contribution in [0.2, 0.25) is 0 Å². The summed E-state index contributed by atoms with van der Waals surface area (Å²) < 4.78 is 5.90. The number of benzene rings is 1. The first-order valence-electron chi connectivity index (χ1n) is 5.47. The van der Waals surface area contributed by atoms with E-state index in [4.69, 9.17) is 4.74 Å². The van der Waals surface area contributed by atoms with Gasteiger partial charge in [-0.2, -0.15) is 0 Å². The number of hydrogen-bond donors (Lipinski definition) is 1. The number of halogens is 1. The summed E-state index contributed by atoms with van der Waals surface area (Å²) in [4.78, 5) is 14.7. The highest BCUT2D eigenvalue weighted by Gasteiger charge is 2.16. The predicted octanol–water partition coefficient (Wildman–Crippen LogP) is 3.01. The highest BCUT2D eigenvalue weighted by molar-refractivity contribution is 9.10. The number of hydrogen-bond acceptors (Lipinski definition) is 3. The van der Waals surface area contributed by atoms with Crippen molar-refractivity contribution in [2.75, 3.05) is 26.8 Å². The molecule has 0 unspecified atom stereocenters. The second-order valence-corrected chi connectivity index (χ2v) is 5.09. The molecule has 0 radical (unpaired) electrons. The van der Waals surface area contributed by atoms with Crippen molar-refractivity contribution in [3.05, 3.63) is 40.9 Å². The van der Waals surface area contributed by atoms with Crippen molar-refractivity contribution in [3.63, 3.8) is 0 Å². The van der Waals surface area contributed by atoms with Gasteiger partial charge in [-0.3, -0.25) is 4.79 Å². The SMILES string of the molecule is C=CCN(CCOC)C(=O)c1ccc(Br)cc1S. The van der Waals surface area contributed by atoms with Crippen LogP contribution in [0.1, 0.15) is 10.4 Å². The fourth-order valence-electron chi connectivity index (χ4n) is 1.49. The molecule has 18 heavy (non-hydrogen) atoms. The zero-order valence-electron chi connectivity index (χ0n) is 10.2. The number of amides is 1. The standard InChI is InChI=1S/C13H16BrNO2S/c1-3-6-15(7-8-17-2)13(16)11-5-4-10(14)9-12(11)18/h3-5,9,18H,1,6-8H2,2H3. The molecule has 98 valence electrons. The molecule has 0 spiro atoms. The third-order valence-electron chi connectivity index (χ3n) is 2.39. The minimum absolute atomic E-state index is 0.0653. The fraction of sp³-hybridized carbons (Fsp3) is 0.308. The number of ether oxygens (including phenoxy) is 1. The lowest BCUT2D eigenvalue weighted by atomic mass is 10.2. The molecule has 0 N–H and O–H groups in total. The van der Waals surface area contributed by atoms with E-state index in [1.807, 2.05) is 6.07 Å². The molecule has 1 aromatic rings. The molecule has 0 fully saturated rings. The van der Waals surface area contributed by atoms with Gasteiger partial charge in [0.2, 0.25) is 0 Å². The molecule has 0 aliphatic rings. The van der Waals surface area contributed by atoms with Crippen LogP contribution in [0.3, 0.4) is 0 Å². The van der Waals surface area contributed by atoms with E-state index in [1.54, 1.807) is 30.2 Å². The minimum atomic E-state index is -0.0653. The van der Waals surface area contributed by atoms with Crippen LogP contribution in [0.15, 0.2) is 40.2 Å². The molecule has 0 aromatic heterocycles. The summed E-state index contributed by atoms with van der Waals surface area (Å²) in [6.07, 6.45) is 1.70. The molecule has 0 heterocycles. The third-order valence-corrected chi connectivity index (χ3v) is 3.26. The lowest BCUT2D eigenvalue weighted by Gasteiger charge is -2.21. The maximum absolute atomic E-state index is 12.3. The van der Waals surface area contributed by atoms with Gasteiger partial charge >= 0.3 is 0 Å².